The van der Waals surface area contributed by atoms with Crippen LogP contribution in [0.1, 0.15) is 27.3 Å². The lowest BCUT2D eigenvalue weighted by atomic mass is 10.3. The van der Waals surface area contributed by atoms with Gasteiger partial charge in [0.1, 0.15) is 10.7 Å². The summed E-state index contributed by atoms with van der Waals surface area (Å²) in [5.74, 6) is -1.02. The van der Waals surface area contributed by atoms with E-state index in [9.17, 15) is 4.79 Å². The Bertz CT molecular complexity index is 537. The lowest BCUT2D eigenvalue weighted by molar-refractivity contribution is 0.0690. The fraction of sp³-hybridized carbons (Fsp3) is 0.250. The van der Waals surface area contributed by atoms with Gasteiger partial charge in [-0.2, -0.15) is 0 Å². The van der Waals surface area contributed by atoms with Crippen LogP contribution in [-0.4, -0.2) is 21.0 Å². The molecule has 2 heterocycles. The maximum absolute atomic E-state index is 10.6. The zero-order valence-electron chi connectivity index (χ0n) is 9.88. The molecule has 0 unspecified atom stereocenters. The minimum absolute atomic E-state index is 0.0445. The van der Waals surface area contributed by atoms with Crippen LogP contribution in [0.2, 0.25) is 0 Å². The highest BCUT2D eigenvalue weighted by Crippen LogP contribution is 2.15. The Hall–Kier alpha value is -1.95. The number of carboxylic acid groups (broad SMARTS) is 1. The van der Waals surface area contributed by atoms with E-state index in [1.54, 1.807) is 17.4 Å². The molecule has 0 fully saturated rings. The number of aryl methyl sites for hydroxylation is 1. The van der Waals surface area contributed by atoms with Crippen molar-refractivity contribution in [3.05, 3.63) is 40.1 Å². The molecule has 0 radical (unpaired) electrons. The predicted molar refractivity (Wildman–Crippen MR) is 70.0 cm³/mol. The summed E-state index contributed by atoms with van der Waals surface area (Å²) in [4.78, 5) is 20.0. The first-order chi connectivity index (χ1) is 8.69. The Labute approximate surface area is 109 Å². The van der Waals surface area contributed by atoms with Crippen molar-refractivity contribution in [1.29, 1.82) is 0 Å². The maximum atomic E-state index is 10.6. The third-order valence-electron chi connectivity index (χ3n) is 2.38. The SMILES string of the molecule is CCc1cnc(CNc2ccc(C(=O)O)nc2)s1. The molecule has 0 saturated carbocycles. The van der Waals surface area contributed by atoms with E-state index in [0.29, 0.717) is 6.54 Å². The number of aromatic nitrogens is 2. The first-order valence-electron chi connectivity index (χ1n) is 5.56. The molecule has 0 saturated heterocycles. The topological polar surface area (TPSA) is 75.1 Å². The Kier molecular flexibility index (Phi) is 3.88. The molecular formula is C12H13N3O2S. The molecular weight excluding hydrogens is 250 g/mol. The normalized spacial score (nSPS) is 10.3. The van der Waals surface area contributed by atoms with Crippen LogP contribution in [0.5, 0.6) is 0 Å². The highest BCUT2D eigenvalue weighted by molar-refractivity contribution is 7.11. The second-order valence-electron chi connectivity index (χ2n) is 3.66. The van der Waals surface area contributed by atoms with E-state index in [1.165, 1.54) is 17.1 Å². The van der Waals surface area contributed by atoms with Gasteiger partial charge >= 0.3 is 5.97 Å². The van der Waals surface area contributed by atoms with Crippen molar-refractivity contribution in [1.82, 2.24) is 9.97 Å². The quantitative estimate of drug-likeness (QED) is 0.866. The van der Waals surface area contributed by atoms with Crippen LogP contribution >= 0.6 is 11.3 Å². The van der Waals surface area contributed by atoms with Gasteiger partial charge in [0.2, 0.25) is 0 Å². The van der Waals surface area contributed by atoms with Gasteiger partial charge in [-0.3, -0.25) is 0 Å². The number of hydrogen-bond acceptors (Lipinski definition) is 5. The summed E-state index contributed by atoms with van der Waals surface area (Å²) in [6, 6.07) is 3.18. The van der Waals surface area contributed by atoms with Crippen molar-refractivity contribution in [2.45, 2.75) is 19.9 Å². The molecule has 94 valence electrons. The number of thiazole rings is 1. The van der Waals surface area contributed by atoms with E-state index in [0.717, 1.165) is 17.1 Å². The average molecular weight is 263 g/mol. The summed E-state index contributed by atoms with van der Waals surface area (Å²) in [6.07, 6.45) is 4.39. The van der Waals surface area contributed by atoms with Gasteiger partial charge in [0.25, 0.3) is 0 Å². The summed E-state index contributed by atoms with van der Waals surface area (Å²) >= 11 is 1.67. The molecule has 0 amide bonds. The number of pyridine rings is 1. The van der Waals surface area contributed by atoms with Crippen molar-refractivity contribution in [3.8, 4) is 0 Å². The van der Waals surface area contributed by atoms with E-state index in [4.69, 9.17) is 5.11 Å². The third-order valence-corrected chi connectivity index (χ3v) is 3.52. The number of hydrogen-bond donors (Lipinski definition) is 2. The van der Waals surface area contributed by atoms with Crippen LogP contribution in [0, 0.1) is 0 Å². The number of rotatable bonds is 5. The first kappa shape index (κ1) is 12.5. The number of carboxylic acids is 1. The minimum atomic E-state index is -1.02. The van der Waals surface area contributed by atoms with Crippen LogP contribution in [-0.2, 0) is 13.0 Å². The average Bonchev–Trinajstić information content (AvgIpc) is 2.85. The number of anilines is 1. The van der Waals surface area contributed by atoms with E-state index >= 15 is 0 Å². The smallest absolute Gasteiger partial charge is 0.354 e. The van der Waals surface area contributed by atoms with Gasteiger partial charge in [0.15, 0.2) is 0 Å². The van der Waals surface area contributed by atoms with E-state index in [2.05, 4.69) is 22.2 Å². The van der Waals surface area contributed by atoms with E-state index in [-0.39, 0.29) is 5.69 Å². The summed E-state index contributed by atoms with van der Waals surface area (Å²) in [6.45, 7) is 2.72. The first-order valence-corrected chi connectivity index (χ1v) is 6.37. The Balaban J connectivity index is 1.95. The fourth-order valence-electron chi connectivity index (χ4n) is 1.40. The molecule has 2 rings (SSSR count). The van der Waals surface area contributed by atoms with Gasteiger partial charge in [0, 0.05) is 11.1 Å². The number of nitrogens with zero attached hydrogens (tertiary/aromatic N) is 2. The van der Waals surface area contributed by atoms with Crippen molar-refractivity contribution >= 4 is 23.0 Å². The standard InChI is InChI=1S/C12H13N3O2S/c1-2-9-6-15-11(18-9)7-13-8-3-4-10(12(16)17)14-5-8/h3-6,13H,2,7H2,1H3,(H,16,17). The van der Waals surface area contributed by atoms with Gasteiger partial charge in [0.05, 0.1) is 18.4 Å². The number of carbonyl (C=O) groups is 1. The second-order valence-corrected chi connectivity index (χ2v) is 4.86. The van der Waals surface area contributed by atoms with Gasteiger partial charge in [-0.25, -0.2) is 14.8 Å². The summed E-state index contributed by atoms with van der Waals surface area (Å²) in [7, 11) is 0. The second kappa shape index (κ2) is 5.59. The Morgan fingerprint density at radius 1 is 1.39 bits per heavy atom. The molecule has 18 heavy (non-hydrogen) atoms. The molecule has 6 heteroatoms. The number of nitrogens with one attached hydrogen (secondary N) is 1. The van der Waals surface area contributed by atoms with Crippen molar-refractivity contribution in [2.75, 3.05) is 5.32 Å². The predicted octanol–water partition coefficient (Wildman–Crippen LogP) is 2.41. The molecule has 0 aliphatic carbocycles. The summed E-state index contributed by atoms with van der Waals surface area (Å²) in [5.41, 5.74) is 0.830. The molecule has 0 atom stereocenters. The lowest BCUT2D eigenvalue weighted by Gasteiger charge is -2.03. The molecule has 0 bridgehead atoms. The number of aromatic carboxylic acids is 1. The molecule has 0 aliphatic heterocycles. The highest BCUT2D eigenvalue weighted by atomic mass is 32.1. The van der Waals surface area contributed by atoms with Crippen molar-refractivity contribution in [2.24, 2.45) is 0 Å². The maximum Gasteiger partial charge on any atom is 0.354 e. The fourth-order valence-corrected chi connectivity index (χ4v) is 2.20. The van der Waals surface area contributed by atoms with E-state index < -0.39 is 5.97 Å². The minimum Gasteiger partial charge on any atom is -0.477 e. The molecule has 2 N–H and O–H groups in total. The lowest BCUT2D eigenvalue weighted by Crippen LogP contribution is -2.02. The Morgan fingerprint density at radius 3 is 2.78 bits per heavy atom. The zero-order chi connectivity index (χ0) is 13.0. The van der Waals surface area contributed by atoms with Crippen molar-refractivity contribution < 1.29 is 9.90 Å². The van der Waals surface area contributed by atoms with Crippen LogP contribution < -0.4 is 5.32 Å². The van der Waals surface area contributed by atoms with Crippen molar-refractivity contribution in [3.63, 3.8) is 0 Å². The van der Waals surface area contributed by atoms with Crippen LogP contribution in [0.25, 0.3) is 0 Å². The molecule has 2 aromatic heterocycles. The van der Waals surface area contributed by atoms with Gasteiger partial charge in [-0.05, 0) is 18.6 Å². The van der Waals surface area contributed by atoms with Gasteiger partial charge in [-0.1, -0.05) is 6.92 Å². The monoisotopic (exact) mass is 263 g/mol. The molecule has 0 aliphatic rings. The molecule has 5 nitrogen and oxygen atoms in total. The van der Waals surface area contributed by atoms with Crippen LogP contribution in [0.3, 0.4) is 0 Å². The highest BCUT2D eigenvalue weighted by Gasteiger charge is 2.04. The third kappa shape index (κ3) is 3.04. The largest absolute Gasteiger partial charge is 0.477 e. The van der Waals surface area contributed by atoms with Gasteiger partial charge in [-0.15, -0.1) is 11.3 Å². The van der Waals surface area contributed by atoms with Crippen LogP contribution in [0.4, 0.5) is 5.69 Å². The molecule has 2 aromatic rings. The molecule has 0 aromatic carbocycles. The Morgan fingerprint density at radius 2 is 2.22 bits per heavy atom. The molecule has 0 spiro atoms. The van der Waals surface area contributed by atoms with Gasteiger partial charge < -0.3 is 10.4 Å². The zero-order valence-corrected chi connectivity index (χ0v) is 10.7. The summed E-state index contributed by atoms with van der Waals surface area (Å²) in [5, 5.41) is 12.9. The van der Waals surface area contributed by atoms with Crippen LogP contribution in [0.15, 0.2) is 24.5 Å². The van der Waals surface area contributed by atoms with E-state index in [1.807, 2.05) is 6.20 Å². The summed E-state index contributed by atoms with van der Waals surface area (Å²) < 4.78 is 0.